The third-order valence-electron chi connectivity index (χ3n) is 5.26. The van der Waals surface area contributed by atoms with Gasteiger partial charge < -0.3 is 14.5 Å². The zero-order valence-electron chi connectivity index (χ0n) is 15.4. The number of hydrogen-bond donors (Lipinski definition) is 0. The highest BCUT2D eigenvalue weighted by atomic mass is 32.2. The summed E-state index contributed by atoms with van der Waals surface area (Å²) in [5, 5.41) is 9.92. The Labute approximate surface area is 157 Å². The predicted molar refractivity (Wildman–Crippen MR) is 97.2 cm³/mol. The van der Waals surface area contributed by atoms with Crippen LogP contribution in [0.5, 0.6) is 5.88 Å². The standard InChI is InChI=1S/C18H22N4O3S/c1-5-21(3)16(24)18-10-17(2,11-19)15(22(18)14(23)9-26-18)12-6-7-13(25-4)20-8-12/h6-8,15H,5,9-10H2,1-4H3/t15?,17-,18+/m1/s1. The summed E-state index contributed by atoms with van der Waals surface area (Å²) in [5.74, 6) is 0.458. The molecule has 7 nitrogen and oxygen atoms in total. The van der Waals surface area contributed by atoms with Crippen LogP contribution in [0.1, 0.15) is 31.9 Å². The van der Waals surface area contributed by atoms with Gasteiger partial charge in [0.15, 0.2) is 4.87 Å². The Balaban J connectivity index is 2.12. The number of methoxy groups -OCH3 is 1. The van der Waals surface area contributed by atoms with E-state index < -0.39 is 16.3 Å². The minimum absolute atomic E-state index is 0.118. The minimum Gasteiger partial charge on any atom is -0.481 e. The van der Waals surface area contributed by atoms with Gasteiger partial charge in [0.25, 0.3) is 5.91 Å². The van der Waals surface area contributed by atoms with Crippen molar-refractivity contribution < 1.29 is 14.3 Å². The Morgan fingerprint density at radius 2 is 2.31 bits per heavy atom. The van der Waals surface area contributed by atoms with E-state index in [4.69, 9.17) is 4.74 Å². The fraction of sp³-hybridized carbons (Fsp3) is 0.556. The Morgan fingerprint density at radius 1 is 1.58 bits per heavy atom. The Morgan fingerprint density at radius 3 is 2.85 bits per heavy atom. The monoisotopic (exact) mass is 374 g/mol. The van der Waals surface area contributed by atoms with Crippen LogP contribution in [0.4, 0.5) is 0 Å². The zero-order valence-corrected chi connectivity index (χ0v) is 16.2. The van der Waals surface area contributed by atoms with E-state index in [1.54, 1.807) is 29.1 Å². The molecule has 2 aliphatic heterocycles. The average molecular weight is 374 g/mol. The molecule has 138 valence electrons. The lowest BCUT2D eigenvalue weighted by Crippen LogP contribution is -2.52. The van der Waals surface area contributed by atoms with E-state index in [1.165, 1.54) is 18.9 Å². The number of thioether (sulfide) groups is 1. The molecule has 3 atom stereocenters. The van der Waals surface area contributed by atoms with Crippen LogP contribution in [-0.2, 0) is 9.59 Å². The van der Waals surface area contributed by atoms with Crippen LogP contribution in [0.25, 0.3) is 0 Å². The lowest BCUT2D eigenvalue weighted by Gasteiger charge is -2.35. The maximum atomic E-state index is 13.2. The molecule has 0 bridgehead atoms. The average Bonchev–Trinajstić information content (AvgIpc) is 3.12. The summed E-state index contributed by atoms with van der Waals surface area (Å²) in [5.41, 5.74) is -0.150. The number of amides is 2. The number of carbonyl (C=O) groups excluding carboxylic acids is 2. The number of likely N-dealkylation sites (N-methyl/N-ethyl adjacent to an activating group) is 1. The van der Waals surface area contributed by atoms with Gasteiger partial charge in [-0.2, -0.15) is 5.26 Å². The summed E-state index contributed by atoms with van der Waals surface area (Å²) in [7, 11) is 3.26. The van der Waals surface area contributed by atoms with Crippen LogP contribution in [0.2, 0.25) is 0 Å². The van der Waals surface area contributed by atoms with Crippen LogP contribution in [0.15, 0.2) is 18.3 Å². The van der Waals surface area contributed by atoms with Crippen molar-refractivity contribution in [2.24, 2.45) is 5.41 Å². The molecule has 26 heavy (non-hydrogen) atoms. The lowest BCUT2D eigenvalue weighted by molar-refractivity contribution is -0.144. The van der Waals surface area contributed by atoms with Gasteiger partial charge in [-0.15, -0.1) is 11.8 Å². The van der Waals surface area contributed by atoms with Crippen LogP contribution < -0.4 is 4.74 Å². The number of hydrogen-bond acceptors (Lipinski definition) is 6. The van der Waals surface area contributed by atoms with Gasteiger partial charge in [0.1, 0.15) is 0 Å². The van der Waals surface area contributed by atoms with E-state index in [2.05, 4.69) is 11.1 Å². The molecule has 8 heteroatoms. The summed E-state index contributed by atoms with van der Waals surface area (Å²) < 4.78 is 5.10. The van der Waals surface area contributed by atoms with Crippen LogP contribution in [-0.4, -0.2) is 57.9 Å². The molecule has 2 aliphatic rings. The van der Waals surface area contributed by atoms with Crippen molar-refractivity contribution >= 4 is 23.6 Å². The van der Waals surface area contributed by atoms with Crippen molar-refractivity contribution in [1.82, 2.24) is 14.8 Å². The molecule has 3 rings (SSSR count). The molecular formula is C18H22N4O3S. The smallest absolute Gasteiger partial charge is 0.258 e. The number of carbonyl (C=O) groups is 2. The molecule has 0 saturated carbocycles. The van der Waals surface area contributed by atoms with E-state index in [-0.39, 0.29) is 17.6 Å². The topological polar surface area (TPSA) is 86.5 Å². The normalized spacial score (nSPS) is 30.0. The van der Waals surface area contributed by atoms with Crippen molar-refractivity contribution in [2.75, 3.05) is 26.5 Å². The Bertz CT molecular complexity index is 778. The first-order valence-electron chi connectivity index (χ1n) is 8.46. The van der Waals surface area contributed by atoms with Gasteiger partial charge in [-0.25, -0.2) is 4.98 Å². The lowest BCUT2D eigenvalue weighted by atomic mass is 9.80. The van der Waals surface area contributed by atoms with E-state index in [0.717, 1.165) is 5.56 Å². The van der Waals surface area contributed by atoms with Crippen LogP contribution >= 0.6 is 11.8 Å². The van der Waals surface area contributed by atoms with Gasteiger partial charge in [0, 0.05) is 32.3 Å². The molecule has 2 amide bonds. The van der Waals surface area contributed by atoms with Crippen molar-refractivity contribution in [1.29, 1.82) is 5.26 Å². The van der Waals surface area contributed by atoms with Gasteiger partial charge in [0.05, 0.1) is 30.4 Å². The number of nitrogens with zero attached hydrogens (tertiary/aromatic N) is 4. The molecule has 1 aromatic heterocycles. The summed E-state index contributed by atoms with van der Waals surface area (Å²) in [4.78, 5) is 32.4. The van der Waals surface area contributed by atoms with E-state index in [1.807, 2.05) is 19.9 Å². The number of nitriles is 1. The largest absolute Gasteiger partial charge is 0.481 e. The summed E-state index contributed by atoms with van der Waals surface area (Å²) in [6.07, 6.45) is 1.92. The van der Waals surface area contributed by atoms with E-state index in [9.17, 15) is 14.9 Å². The molecule has 2 fully saturated rings. The van der Waals surface area contributed by atoms with Crippen LogP contribution in [0.3, 0.4) is 0 Å². The molecule has 0 radical (unpaired) electrons. The fourth-order valence-electron chi connectivity index (χ4n) is 3.86. The molecule has 1 unspecified atom stereocenters. The second kappa shape index (κ2) is 6.47. The van der Waals surface area contributed by atoms with Crippen molar-refractivity contribution in [3.63, 3.8) is 0 Å². The number of ether oxygens (including phenoxy) is 1. The first kappa shape index (κ1) is 18.5. The SMILES string of the molecule is CCN(C)C(=O)[C@@]12C[C@](C)(C#N)C(c3ccc(OC)nc3)N1C(=O)CS2. The third kappa shape index (κ3) is 2.53. The molecular weight excluding hydrogens is 352 g/mol. The van der Waals surface area contributed by atoms with Gasteiger partial charge in [0.2, 0.25) is 11.8 Å². The minimum atomic E-state index is -1.03. The maximum Gasteiger partial charge on any atom is 0.258 e. The highest BCUT2D eigenvalue weighted by Gasteiger charge is 2.67. The van der Waals surface area contributed by atoms with Crippen molar-refractivity contribution in [3.05, 3.63) is 23.9 Å². The summed E-state index contributed by atoms with van der Waals surface area (Å²) >= 11 is 1.33. The Kier molecular flexibility index (Phi) is 4.61. The molecule has 0 spiro atoms. The zero-order chi connectivity index (χ0) is 19.1. The highest BCUT2D eigenvalue weighted by molar-refractivity contribution is 8.02. The molecule has 2 saturated heterocycles. The number of fused-ring (bicyclic) bond motifs is 1. The van der Waals surface area contributed by atoms with Crippen molar-refractivity contribution in [2.45, 2.75) is 31.2 Å². The maximum absolute atomic E-state index is 13.2. The summed E-state index contributed by atoms with van der Waals surface area (Å²) in [6, 6.07) is 5.36. The van der Waals surface area contributed by atoms with Gasteiger partial charge in [-0.1, -0.05) is 0 Å². The van der Waals surface area contributed by atoms with Crippen LogP contribution in [0, 0.1) is 16.7 Å². The number of rotatable bonds is 4. The van der Waals surface area contributed by atoms with E-state index in [0.29, 0.717) is 18.8 Å². The first-order valence-corrected chi connectivity index (χ1v) is 9.44. The van der Waals surface area contributed by atoms with Gasteiger partial charge in [-0.3, -0.25) is 9.59 Å². The first-order chi connectivity index (χ1) is 12.3. The van der Waals surface area contributed by atoms with Gasteiger partial charge >= 0.3 is 0 Å². The Hall–Kier alpha value is -2.27. The van der Waals surface area contributed by atoms with Gasteiger partial charge in [-0.05, 0) is 25.5 Å². The molecule has 0 aromatic carbocycles. The predicted octanol–water partition coefficient (Wildman–Crippen LogP) is 1.81. The summed E-state index contributed by atoms with van der Waals surface area (Å²) in [6.45, 7) is 4.25. The second-order valence-corrected chi connectivity index (χ2v) is 8.15. The van der Waals surface area contributed by atoms with Crippen molar-refractivity contribution in [3.8, 4) is 11.9 Å². The third-order valence-corrected chi connectivity index (χ3v) is 6.64. The number of aromatic nitrogens is 1. The highest BCUT2D eigenvalue weighted by Crippen LogP contribution is 2.61. The van der Waals surface area contributed by atoms with E-state index >= 15 is 0 Å². The molecule has 0 N–H and O–H groups in total. The molecule has 0 aliphatic carbocycles. The second-order valence-electron chi connectivity index (χ2n) is 6.90. The quantitative estimate of drug-likeness (QED) is 0.799. The fourth-order valence-corrected chi connectivity index (χ4v) is 5.39. The molecule has 1 aromatic rings. The molecule has 3 heterocycles. The number of pyridine rings is 1.